The average Bonchev–Trinajstić information content (AvgIpc) is 2.27. The summed E-state index contributed by atoms with van der Waals surface area (Å²) in [7, 11) is 1.61. The fraction of sp³-hybridized carbons (Fsp3) is 0.462. The van der Waals surface area contributed by atoms with E-state index in [0.717, 1.165) is 17.7 Å². The molecule has 0 saturated heterocycles. The fourth-order valence-corrected chi connectivity index (χ4v) is 2.47. The molecule has 1 aromatic carbocycles. The highest BCUT2D eigenvalue weighted by Gasteiger charge is 2.17. The molecule has 0 heterocycles. The minimum Gasteiger partial charge on any atom is -0.497 e. The first-order valence-electron chi connectivity index (χ1n) is 5.37. The Hall–Kier alpha value is -0.830. The number of benzene rings is 1. The lowest BCUT2D eigenvalue weighted by atomic mass is 10.0. The van der Waals surface area contributed by atoms with Crippen LogP contribution in [-0.4, -0.2) is 17.7 Å². The molecule has 0 spiro atoms. The molecule has 0 saturated carbocycles. The maximum atomic E-state index is 12.0. The van der Waals surface area contributed by atoms with E-state index in [1.54, 1.807) is 19.2 Å². The van der Waals surface area contributed by atoms with Crippen molar-refractivity contribution < 1.29 is 9.53 Å². The van der Waals surface area contributed by atoms with Crippen molar-refractivity contribution in [1.29, 1.82) is 0 Å². The maximum Gasteiger partial charge on any atom is 0.176 e. The average molecular weight is 285 g/mol. The molecule has 1 rings (SSSR count). The zero-order valence-corrected chi connectivity index (χ0v) is 11.5. The molecular formula is C13H17BrO2. The van der Waals surface area contributed by atoms with Gasteiger partial charge in [-0.3, -0.25) is 4.79 Å². The van der Waals surface area contributed by atoms with Crippen LogP contribution in [0.25, 0.3) is 0 Å². The second-order valence-electron chi connectivity index (χ2n) is 4.19. The molecule has 0 fully saturated rings. The summed E-state index contributed by atoms with van der Waals surface area (Å²) in [5, 5.41) is 0. The summed E-state index contributed by atoms with van der Waals surface area (Å²) in [6.45, 7) is 4.21. The number of carbonyl (C=O) groups excluding carboxylic acids is 1. The second-order valence-corrected chi connectivity index (χ2v) is 5.30. The summed E-state index contributed by atoms with van der Waals surface area (Å²) >= 11 is 3.44. The van der Waals surface area contributed by atoms with Crippen LogP contribution in [0.2, 0.25) is 0 Å². The molecule has 2 nitrogen and oxygen atoms in total. The standard InChI is InChI=1S/C13H17BrO2/c1-9(2)8-12(14)13(15)10-4-6-11(16-3)7-5-10/h4-7,9,12H,8H2,1-3H3. The molecular weight excluding hydrogens is 268 g/mol. The van der Waals surface area contributed by atoms with Gasteiger partial charge in [0.25, 0.3) is 0 Å². The van der Waals surface area contributed by atoms with E-state index in [2.05, 4.69) is 29.8 Å². The lowest BCUT2D eigenvalue weighted by molar-refractivity contribution is 0.0984. The summed E-state index contributed by atoms with van der Waals surface area (Å²) in [4.78, 5) is 11.9. The normalized spacial score (nSPS) is 12.6. The van der Waals surface area contributed by atoms with E-state index in [-0.39, 0.29) is 10.6 Å². The third-order valence-corrected chi connectivity index (χ3v) is 3.13. The first-order valence-corrected chi connectivity index (χ1v) is 6.28. The van der Waals surface area contributed by atoms with Gasteiger partial charge in [0.05, 0.1) is 11.9 Å². The van der Waals surface area contributed by atoms with E-state index in [0.29, 0.717) is 5.92 Å². The van der Waals surface area contributed by atoms with Crippen molar-refractivity contribution in [2.24, 2.45) is 5.92 Å². The second kappa shape index (κ2) is 6.04. The summed E-state index contributed by atoms with van der Waals surface area (Å²) in [6.07, 6.45) is 0.852. The molecule has 16 heavy (non-hydrogen) atoms. The predicted octanol–water partition coefficient (Wildman–Crippen LogP) is 3.69. The van der Waals surface area contributed by atoms with Gasteiger partial charge in [-0.05, 0) is 36.6 Å². The smallest absolute Gasteiger partial charge is 0.176 e. The van der Waals surface area contributed by atoms with Crippen LogP contribution < -0.4 is 4.74 Å². The van der Waals surface area contributed by atoms with Gasteiger partial charge in [0, 0.05) is 5.56 Å². The van der Waals surface area contributed by atoms with E-state index in [9.17, 15) is 4.79 Å². The van der Waals surface area contributed by atoms with Crippen LogP contribution in [0.5, 0.6) is 5.75 Å². The van der Waals surface area contributed by atoms with Gasteiger partial charge in [-0.25, -0.2) is 0 Å². The Morgan fingerprint density at radius 3 is 2.31 bits per heavy atom. The van der Waals surface area contributed by atoms with Crippen molar-refractivity contribution in [2.45, 2.75) is 25.1 Å². The number of hydrogen-bond donors (Lipinski definition) is 0. The van der Waals surface area contributed by atoms with Crippen molar-refractivity contribution in [2.75, 3.05) is 7.11 Å². The van der Waals surface area contributed by atoms with Crippen LogP contribution in [0.3, 0.4) is 0 Å². The Balaban J connectivity index is 2.72. The van der Waals surface area contributed by atoms with Crippen LogP contribution in [0, 0.1) is 5.92 Å². The van der Waals surface area contributed by atoms with Gasteiger partial charge < -0.3 is 4.74 Å². The van der Waals surface area contributed by atoms with Crippen LogP contribution in [-0.2, 0) is 0 Å². The highest BCUT2D eigenvalue weighted by atomic mass is 79.9. The number of ether oxygens (including phenoxy) is 1. The van der Waals surface area contributed by atoms with Gasteiger partial charge in [-0.15, -0.1) is 0 Å². The molecule has 88 valence electrons. The van der Waals surface area contributed by atoms with Crippen molar-refractivity contribution in [3.8, 4) is 5.75 Å². The molecule has 0 radical (unpaired) electrons. The van der Waals surface area contributed by atoms with Gasteiger partial charge >= 0.3 is 0 Å². The van der Waals surface area contributed by atoms with Gasteiger partial charge in [0.1, 0.15) is 5.75 Å². The lowest BCUT2D eigenvalue weighted by Gasteiger charge is -2.11. The summed E-state index contributed by atoms with van der Waals surface area (Å²) in [6, 6.07) is 7.22. The van der Waals surface area contributed by atoms with Crippen molar-refractivity contribution in [3.63, 3.8) is 0 Å². The molecule has 1 atom stereocenters. The largest absolute Gasteiger partial charge is 0.497 e. The highest BCUT2D eigenvalue weighted by molar-refractivity contribution is 9.10. The number of halogens is 1. The zero-order chi connectivity index (χ0) is 12.1. The summed E-state index contributed by atoms with van der Waals surface area (Å²) in [5.74, 6) is 1.41. The van der Waals surface area contributed by atoms with Gasteiger partial charge in [0.2, 0.25) is 0 Å². The van der Waals surface area contributed by atoms with E-state index in [1.165, 1.54) is 0 Å². The molecule has 0 aliphatic carbocycles. The van der Waals surface area contributed by atoms with Crippen molar-refractivity contribution >= 4 is 21.7 Å². The number of methoxy groups -OCH3 is 1. The Morgan fingerprint density at radius 1 is 1.31 bits per heavy atom. The molecule has 0 aliphatic rings. The molecule has 0 aromatic heterocycles. The molecule has 0 aliphatic heterocycles. The number of ketones is 1. The van der Waals surface area contributed by atoms with Crippen molar-refractivity contribution in [1.82, 2.24) is 0 Å². The minimum atomic E-state index is -0.0964. The quantitative estimate of drug-likeness (QED) is 0.609. The van der Waals surface area contributed by atoms with Crippen LogP contribution in [0.15, 0.2) is 24.3 Å². The van der Waals surface area contributed by atoms with E-state index < -0.39 is 0 Å². The number of alkyl halides is 1. The summed E-state index contributed by atoms with van der Waals surface area (Å²) < 4.78 is 5.05. The van der Waals surface area contributed by atoms with E-state index in [1.807, 2.05) is 12.1 Å². The fourth-order valence-electron chi connectivity index (χ4n) is 1.46. The Morgan fingerprint density at radius 2 is 1.88 bits per heavy atom. The Labute approximate surface area is 105 Å². The van der Waals surface area contributed by atoms with Gasteiger partial charge in [0.15, 0.2) is 5.78 Å². The zero-order valence-electron chi connectivity index (χ0n) is 9.87. The number of Topliss-reactive ketones (excluding diaryl/α,β-unsaturated/α-hetero) is 1. The number of carbonyl (C=O) groups is 1. The van der Waals surface area contributed by atoms with Crippen LogP contribution >= 0.6 is 15.9 Å². The monoisotopic (exact) mass is 284 g/mol. The van der Waals surface area contributed by atoms with Crippen molar-refractivity contribution in [3.05, 3.63) is 29.8 Å². The number of rotatable bonds is 5. The predicted molar refractivity (Wildman–Crippen MR) is 69.5 cm³/mol. The minimum absolute atomic E-state index is 0.0964. The highest BCUT2D eigenvalue weighted by Crippen LogP contribution is 2.19. The Bertz CT molecular complexity index is 343. The van der Waals surface area contributed by atoms with Gasteiger partial charge in [-0.1, -0.05) is 29.8 Å². The SMILES string of the molecule is COc1ccc(C(=O)C(Br)CC(C)C)cc1. The first kappa shape index (κ1) is 13.2. The summed E-state index contributed by atoms with van der Waals surface area (Å²) in [5.41, 5.74) is 0.725. The third kappa shape index (κ3) is 3.63. The molecule has 3 heteroatoms. The Kier molecular flexibility index (Phi) is 5.00. The van der Waals surface area contributed by atoms with Crippen LogP contribution in [0.4, 0.5) is 0 Å². The molecule has 0 N–H and O–H groups in total. The topological polar surface area (TPSA) is 26.3 Å². The van der Waals surface area contributed by atoms with E-state index >= 15 is 0 Å². The lowest BCUT2D eigenvalue weighted by Crippen LogP contribution is -2.16. The van der Waals surface area contributed by atoms with E-state index in [4.69, 9.17) is 4.74 Å². The third-order valence-electron chi connectivity index (χ3n) is 2.34. The molecule has 1 aromatic rings. The molecule has 0 amide bonds. The first-order chi connectivity index (χ1) is 7.54. The molecule has 0 bridgehead atoms. The van der Waals surface area contributed by atoms with Crippen LogP contribution in [0.1, 0.15) is 30.6 Å². The number of hydrogen-bond acceptors (Lipinski definition) is 2. The maximum absolute atomic E-state index is 12.0. The molecule has 1 unspecified atom stereocenters. The van der Waals surface area contributed by atoms with Gasteiger partial charge in [-0.2, -0.15) is 0 Å².